The van der Waals surface area contributed by atoms with Gasteiger partial charge in [-0.1, -0.05) is 24.3 Å². The van der Waals surface area contributed by atoms with Crippen LogP contribution in [0.15, 0.2) is 196 Å². The minimum atomic E-state index is -0.447. The topological polar surface area (TPSA) is 248 Å². The summed E-state index contributed by atoms with van der Waals surface area (Å²) in [6.45, 7) is 25.0. The lowest BCUT2D eigenvalue weighted by molar-refractivity contribution is -0.0612. The summed E-state index contributed by atoms with van der Waals surface area (Å²) in [5.41, 5.74) is 19.5. The summed E-state index contributed by atoms with van der Waals surface area (Å²) in [4.78, 5) is 88.9. The van der Waals surface area contributed by atoms with E-state index in [2.05, 4.69) is 96.2 Å². The van der Waals surface area contributed by atoms with E-state index in [4.69, 9.17) is 43.4 Å². The van der Waals surface area contributed by atoms with Crippen molar-refractivity contribution in [2.24, 2.45) is 0 Å². The van der Waals surface area contributed by atoms with E-state index in [9.17, 15) is 23.6 Å². The van der Waals surface area contributed by atoms with Crippen LogP contribution in [-0.2, 0) is 9.47 Å². The molecule has 0 unspecified atom stereocenters. The van der Waals surface area contributed by atoms with Crippen LogP contribution < -0.4 is 51.4 Å². The number of benzene rings is 3. The van der Waals surface area contributed by atoms with Crippen molar-refractivity contribution in [2.75, 3.05) is 132 Å². The molecule has 28 heteroatoms. The molecule has 3 aromatic carbocycles. The quantitative estimate of drug-likeness (QED) is 0.0889. The molecule has 0 saturated carbocycles. The Morgan fingerprint density at radius 3 is 1.58 bits per heavy atom. The zero-order valence-corrected chi connectivity index (χ0v) is 71.3. The van der Waals surface area contributed by atoms with Crippen molar-refractivity contribution in [3.63, 3.8) is 0 Å². The van der Waals surface area contributed by atoms with Crippen molar-refractivity contribution in [2.45, 2.75) is 72.9 Å². The van der Waals surface area contributed by atoms with E-state index in [1.54, 1.807) is 99.5 Å². The third kappa shape index (κ3) is 18.0. The van der Waals surface area contributed by atoms with E-state index >= 15 is 0 Å². The number of anilines is 1. The van der Waals surface area contributed by atoms with E-state index in [1.165, 1.54) is 28.9 Å². The summed E-state index contributed by atoms with van der Waals surface area (Å²) in [5.74, 6) is 2.04. The molecule has 5 aliphatic rings. The van der Waals surface area contributed by atoms with Gasteiger partial charge in [0.25, 0.3) is 22.2 Å². The zero-order valence-electron chi connectivity index (χ0n) is 70.5. The molecule has 26 nitrogen and oxygen atoms in total. The average molecular weight is 1660 g/mol. The number of imidazole rings is 1. The second kappa shape index (κ2) is 36.5. The number of rotatable bonds is 17. The molecule has 2 fully saturated rings. The van der Waals surface area contributed by atoms with E-state index in [1.807, 2.05) is 119 Å². The lowest BCUT2D eigenvalue weighted by atomic mass is 9.98. The first-order chi connectivity index (χ1) is 59.2. The van der Waals surface area contributed by atoms with Crippen LogP contribution in [0.5, 0.6) is 23.0 Å². The van der Waals surface area contributed by atoms with Crippen molar-refractivity contribution in [3.8, 4) is 68.0 Å². The Balaban J connectivity index is 0.000000121. The van der Waals surface area contributed by atoms with Crippen LogP contribution in [0.2, 0.25) is 0 Å². The number of thiazole rings is 1. The summed E-state index contributed by atoms with van der Waals surface area (Å²) < 4.78 is 55.6. The fourth-order valence-electron chi connectivity index (χ4n) is 16.2. The first kappa shape index (κ1) is 83.2. The van der Waals surface area contributed by atoms with E-state index in [-0.39, 0.29) is 27.9 Å². The number of hydrogen-bond acceptors (Lipinski definition) is 22. The standard InChI is InChI=1S/C25H27N3O4.C25H29N3O3.C23H25FN6O2.C21H18N4OS/c1-16-10-19(17-6-8-27(9-7-17)20-14-32-15-20)13-28-24(29)12-21(26-25(16)28)18-4-5-22(30-2)23(11-18)31-3;1-16(2)27-10-8-18(9-11-27)20-12-17(3)25-26-21(14-24(29)28(25)15-20)19-6-7-22(30-4)23(13-19)31-5;1-16-13-29-14-17(11-19(24)23(29)25-16)20-12-22(31)30-15-18(3-4-21(30)26-20)28-7-5-27(6-8-28)9-10-32-2;1-13-23-17-4-2-15(10-19(17)27-13)18-11-21(26)25-12-16(3-5-20(25)24-18)14-6-8-22-9-7-14/h4-6,10-13,20H,7-9,14-15H2,1-3H3;6-8,12-16H,9-11H2,1-5H3;3-4,11-15H,5-10H2,1-2H3;2-6,10-12,22H,7-9H2,1H3. The van der Waals surface area contributed by atoms with Crippen molar-refractivity contribution < 1.29 is 32.8 Å². The van der Waals surface area contributed by atoms with Gasteiger partial charge in [0.2, 0.25) is 0 Å². The number of aryl methyl sites for hydroxylation is 4. The number of aromatic nitrogens is 11. The molecule has 0 radical (unpaired) electrons. The van der Waals surface area contributed by atoms with Crippen LogP contribution in [0, 0.1) is 33.5 Å². The molecule has 0 bridgehead atoms. The smallest absolute Gasteiger partial charge is 0.258 e. The molecule has 0 spiro atoms. The number of pyridine rings is 5. The van der Waals surface area contributed by atoms with Crippen molar-refractivity contribution in [1.29, 1.82) is 0 Å². The first-order valence-corrected chi connectivity index (χ1v) is 41.9. The van der Waals surface area contributed by atoms with Gasteiger partial charge >= 0.3 is 0 Å². The van der Waals surface area contributed by atoms with Gasteiger partial charge in [0.15, 0.2) is 34.5 Å². The van der Waals surface area contributed by atoms with E-state index < -0.39 is 5.82 Å². The maximum atomic E-state index is 14.5. The molecular weight excluding hydrogens is 1560 g/mol. The lowest BCUT2D eigenvalue weighted by Gasteiger charge is -2.38. The number of ether oxygens (including phenoxy) is 6. The summed E-state index contributed by atoms with van der Waals surface area (Å²) in [5, 5.41) is 4.35. The van der Waals surface area contributed by atoms with Crippen molar-refractivity contribution >= 4 is 72.2 Å². The van der Waals surface area contributed by atoms with Crippen LogP contribution in [-0.4, -0.2) is 206 Å². The summed E-state index contributed by atoms with van der Waals surface area (Å²) in [6.07, 6.45) is 20.7. The van der Waals surface area contributed by atoms with Gasteiger partial charge in [0, 0.05) is 162 Å². The van der Waals surface area contributed by atoms with Crippen LogP contribution in [0.3, 0.4) is 0 Å². The predicted molar refractivity (Wildman–Crippen MR) is 479 cm³/mol. The minimum Gasteiger partial charge on any atom is -0.493 e. The van der Waals surface area contributed by atoms with Gasteiger partial charge in [0.05, 0.1) is 104 Å². The van der Waals surface area contributed by atoms with Gasteiger partial charge in [-0.15, -0.1) is 11.3 Å². The highest BCUT2D eigenvalue weighted by molar-refractivity contribution is 7.18. The highest BCUT2D eigenvalue weighted by Crippen LogP contribution is 2.36. The normalized spacial score (nSPS) is 15.5. The summed E-state index contributed by atoms with van der Waals surface area (Å²) >= 11 is 1.65. The maximum absolute atomic E-state index is 14.5. The van der Waals surface area contributed by atoms with E-state index in [0.717, 1.165) is 182 Å². The predicted octanol–water partition coefficient (Wildman–Crippen LogP) is 13.2. The SMILES string of the molecule is COCCN1CCN(c2ccc3nc(-c4cc(F)c5nc(C)cn5c4)cc(=O)n3c2)CC1.COc1ccc(-c2cc(=O)n3cc(C4=CCN(C(C)C)CC4)cc(C)c3n2)cc1OC.COc1ccc(-c2cc(=O)n3cc(C4=CCN(C5COC5)CC4)cc(C)c3n2)cc1OC.Cc1nc2ccc(-c3cc(=O)n4cc(C5=CCNCC5)ccc4n3)cc2s1. The monoisotopic (exact) mass is 1660 g/mol. The molecule has 19 rings (SSSR count). The molecule has 16 heterocycles. The molecular formula is C94H99FN16O10S. The Morgan fingerprint density at radius 1 is 0.492 bits per heavy atom. The lowest BCUT2D eigenvalue weighted by Crippen LogP contribution is -2.50. The average Bonchev–Trinajstić information content (AvgIpc) is 1.46. The first-order valence-electron chi connectivity index (χ1n) is 41.1. The van der Waals surface area contributed by atoms with Crippen LogP contribution in [0.1, 0.15) is 71.6 Å². The Kier molecular flexibility index (Phi) is 24.9. The molecule has 1 N–H and O–H groups in total. The number of methoxy groups -OCH3 is 5. The molecule has 2 saturated heterocycles. The third-order valence-corrected chi connectivity index (χ3v) is 24.1. The number of hydrogen-bond donors (Lipinski definition) is 1. The number of nitrogens with zero attached hydrogens (tertiary/aromatic N) is 15. The van der Waals surface area contributed by atoms with Gasteiger partial charge in [0.1, 0.15) is 22.6 Å². The second-order valence-corrected chi connectivity index (χ2v) is 32.6. The van der Waals surface area contributed by atoms with Gasteiger partial charge in [-0.25, -0.2) is 34.3 Å². The van der Waals surface area contributed by atoms with Gasteiger partial charge in [-0.3, -0.25) is 51.5 Å². The highest BCUT2D eigenvalue weighted by Gasteiger charge is 2.28. The minimum absolute atomic E-state index is 0.0630. The van der Waals surface area contributed by atoms with Crippen molar-refractivity contribution in [3.05, 3.63) is 262 Å². The number of piperazine rings is 1. The fraction of sp³-hybridized carbons (Fsp3) is 0.319. The molecule has 0 atom stereocenters. The molecule has 0 amide bonds. The highest BCUT2D eigenvalue weighted by atomic mass is 32.1. The maximum Gasteiger partial charge on any atom is 0.258 e. The Bertz CT molecular complexity index is 6670. The Labute approximate surface area is 708 Å². The van der Waals surface area contributed by atoms with E-state index in [0.29, 0.717) is 86.0 Å². The van der Waals surface area contributed by atoms with Crippen LogP contribution in [0.25, 0.3) is 100 Å². The summed E-state index contributed by atoms with van der Waals surface area (Å²) in [7, 11) is 8.10. The molecule has 5 aliphatic heterocycles. The van der Waals surface area contributed by atoms with Gasteiger partial charge in [-0.05, 0) is 203 Å². The molecule has 628 valence electrons. The third-order valence-electron chi connectivity index (χ3n) is 23.1. The number of nitrogens with one attached hydrogen (secondary N) is 1. The number of fused-ring (bicyclic) bond motifs is 6. The van der Waals surface area contributed by atoms with Crippen LogP contribution >= 0.6 is 11.3 Å². The summed E-state index contributed by atoms with van der Waals surface area (Å²) in [6, 6.07) is 37.9. The molecule has 0 aliphatic carbocycles. The molecule has 11 aromatic heterocycles. The van der Waals surface area contributed by atoms with Crippen LogP contribution in [0.4, 0.5) is 10.1 Å². The fourth-order valence-corrected chi connectivity index (χ4v) is 17.1. The second-order valence-electron chi connectivity index (χ2n) is 31.4. The van der Waals surface area contributed by atoms with Gasteiger partial charge in [-0.2, -0.15) is 0 Å². The van der Waals surface area contributed by atoms with Crippen molar-refractivity contribution in [1.82, 2.24) is 71.9 Å². The number of halogens is 1. The largest absolute Gasteiger partial charge is 0.493 e. The zero-order chi connectivity index (χ0) is 85.0. The molecule has 122 heavy (non-hydrogen) atoms. The Morgan fingerprint density at radius 2 is 1.03 bits per heavy atom. The molecule has 14 aromatic rings. The van der Waals surface area contributed by atoms with Gasteiger partial charge < -0.3 is 43.0 Å². The Hall–Kier alpha value is -12.4.